The molecular weight excluding hydrogens is 98.1 g/mol. The molecule has 0 saturated heterocycles. The van der Waals surface area contributed by atoms with Gasteiger partial charge in [-0.2, -0.15) is 0 Å². The molecule has 1 heteroatoms. The third kappa shape index (κ3) is 0.320. The van der Waals surface area contributed by atoms with E-state index in [9.17, 15) is 0 Å². The van der Waals surface area contributed by atoms with Crippen molar-refractivity contribution in [3.05, 3.63) is 0 Å². The third-order valence-corrected chi connectivity index (χ3v) is 2.71. The summed E-state index contributed by atoms with van der Waals surface area (Å²) < 4.78 is 0. The summed E-state index contributed by atoms with van der Waals surface area (Å²) in [6.07, 6.45) is 2.13. The number of fused-ring (bicyclic) bond motifs is 1. The van der Waals surface area contributed by atoms with Crippen molar-refractivity contribution in [3.63, 3.8) is 0 Å². The molecule has 0 N–H and O–H groups in total. The quantitative estimate of drug-likeness (QED) is 0.445. The zero-order valence-corrected chi connectivity index (χ0v) is 5.39. The normalized spacial score (nSPS) is 46.8. The molecule has 1 aliphatic heterocycles. The number of aliphatic imine (C=N–C) groups is 1. The van der Waals surface area contributed by atoms with Gasteiger partial charge in [-0.3, -0.25) is 4.99 Å². The van der Waals surface area contributed by atoms with Crippen LogP contribution in [0.2, 0.25) is 0 Å². The zero-order chi connectivity index (χ0) is 5.78. The molecule has 1 saturated carbocycles. The van der Waals surface area contributed by atoms with Crippen LogP contribution in [-0.2, 0) is 0 Å². The van der Waals surface area contributed by atoms with E-state index in [0.717, 1.165) is 18.4 Å². The minimum absolute atomic E-state index is 0.613. The Bertz CT molecular complexity index is 146. The molecule has 0 amide bonds. The molecule has 0 spiro atoms. The molecule has 44 valence electrons. The highest BCUT2D eigenvalue weighted by Gasteiger charge is 2.58. The molecule has 2 aliphatic rings. The monoisotopic (exact) mass is 109 g/mol. The first kappa shape index (κ1) is 4.54. The number of hydrogen-bond acceptors (Lipinski definition) is 1. The lowest BCUT2D eigenvalue weighted by molar-refractivity contribution is 0.552. The topological polar surface area (TPSA) is 12.4 Å². The van der Waals surface area contributed by atoms with Gasteiger partial charge >= 0.3 is 0 Å². The smallest absolute Gasteiger partial charge is 0.0425 e. The SMILES string of the molecule is CC1(C)C2C=NC[C@@H]21. The van der Waals surface area contributed by atoms with Crippen molar-refractivity contribution in [3.8, 4) is 0 Å². The van der Waals surface area contributed by atoms with Crippen molar-refractivity contribution in [1.82, 2.24) is 0 Å². The molecule has 1 nitrogen and oxygen atoms in total. The highest BCUT2D eigenvalue weighted by Crippen LogP contribution is 2.59. The molecular formula is C7H11N. The van der Waals surface area contributed by atoms with Crippen molar-refractivity contribution in [1.29, 1.82) is 0 Å². The zero-order valence-electron chi connectivity index (χ0n) is 5.39. The Balaban J connectivity index is 2.24. The van der Waals surface area contributed by atoms with Gasteiger partial charge in [-0.1, -0.05) is 13.8 Å². The van der Waals surface area contributed by atoms with Crippen LogP contribution in [0.5, 0.6) is 0 Å². The van der Waals surface area contributed by atoms with Crippen molar-refractivity contribution in [2.24, 2.45) is 22.2 Å². The average molecular weight is 109 g/mol. The molecule has 2 atom stereocenters. The van der Waals surface area contributed by atoms with Gasteiger partial charge in [0.1, 0.15) is 0 Å². The van der Waals surface area contributed by atoms with Gasteiger partial charge < -0.3 is 0 Å². The Morgan fingerprint density at radius 3 is 2.62 bits per heavy atom. The van der Waals surface area contributed by atoms with Gasteiger partial charge in [0, 0.05) is 18.7 Å². The molecule has 1 unspecified atom stereocenters. The standard InChI is InChI=1S/C7H11N/c1-7(2)5-3-8-4-6(5)7/h3,5-6H,4H2,1-2H3/t5?,6-/m0/s1. The van der Waals surface area contributed by atoms with Crippen LogP contribution in [-0.4, -0.2) is 12.8 Å². The van der Waals surface area contributed by atoms with Crippen LogP contribution < -0.4 is 0 Å². The Hall–Kier alpha value is -0.330. The summed E-state index contributed by atoms with van der Waals surface area (Å²) in [5.74, 6) is 1.74. The van der Waals surface area contributed by atoms with Gasteiger partial charge in [0.25, 0.3) is 0 Å². The molecule has 1 fully saturated rings. The van der Waals surface area contributed by atoms with E-state index in [1.54, 1.807) is 0 Å². The van der Waals surface area contributed by atoms with Gasteiger partial charge in [0.05, 0.1) is 0 Å². The second-order valence-electron chi connectivity index (χ2n) is 3.47. The van der Waals surface area contributed by atoms with E-state index in [2.05, 4.69) is 25.1 Å². The summed E-state index contributed by atoms with van der Waals surface area (Å²) in [6, 6.07) is 0. The minimum Gasteiger partial charge on any atom is -0.297 e. The van der Waals surface area contributed by atoms with Gasteiger partial charge in [-0.05, 0) is 11.3 Å². The molecule has 0 aromatic carbocycles. The fourth-order valence-corrected chi connectivity index (χ4v) is 1.72. The van der Waals surface area contributed by atoms with Crippen LogP contribution in [0.1, 0.15) is 13.8 Å². The predicted octanol–water partition coefficient (Wildman–Crippen LogP) is 1.34. The Labute approximate surface area is 49.8 Å². The van der Waals surface area contributed by atoms with Gasteiger partial charge in [-0.15, -0.1) is 0 Å². The summed E-state index contributed by atoms with van der Waals surface area (Å²) in [6.45, 7) is 5.75. The number of rotatable bonds is 0. The second-order valence-corrected chi connectivity index (χ2v) is 3.47. The highest BCUT2D eigenvalue weighted by atomic mass is 14.9. The van der Waals surface area contributed by atoms with Crippen molar-refractivity contribution < 1.29 is 0 Å². The van der Waals surface area contributed by atoms with Gasteiger partial charge in [0.2, 0.25) is 0 Å². The molecule has 0 aromatic rings. The maximum atomic E-state index is 4.18. The average Bonchev–Trinajstić information content (AvgIpc) is 2.22. The molecule has 0 aromatic heterocycles. The summed E-state index contributed by atoms with van der Waals surface area (Å²) in [7, 11) is 0. The van der Waals surface area contributed by atoms with Crippen molar-refractivity contribution in [2.75, 3.05) is 6.54 Å². The van der Waals surface area contributed by atoms with E-state index in [1.807, 2.05) is 0 Å². The molecule has 0 bridgehead atoms. The van der Waals surface area contributed by atoms with Gasteiger partial charge in [0.15, 0.2) is 0 Å². The number of hydrogen-bond donors (Lipinski definition) is 0. The van der Waals surface area contributed by atoms with Crippen molar-refractivity contribution in [2.45, 2.75) is 13.8 Å². The summed E-state index contributed by atoms with van der Waals surface area (Å²) in [5, 5.41) is 0. The first-order valence-electron chi connectivity index (χ1n) is 3.23. The van der Waals surface area contributed by atoms with Crippen LogP contribution in [0.25, 0.3) is 0 Å². The Morgan fingerprint density at radius 1 is 1.62 bits per heavy atom. The Kier molecular flexibility index (Phi) is 0.565. The summed E-state index contributed by atoms with van der Waals surface area (Å²) in [5.41, 5.74) is 0.613. The maximum absolute atomic E-state index is 4.18. The van der Waals surface area contributed by atoms with E-state index < -0.39 is 0 Å². The summed E-state index contributed by atoms with van der Waals surface area (Å²) >= 11 is 0. The predicted molar refractivity (Wildman–Crippen MR) is 34.1 cm³/mol. The molecule has 2 rings (SSSR count). The van der Waals surface area contributed by atoms with Crippen LogP contribution in [0.3, 0.4) is 0 Å². The van der Waals surface area contributed by atoms with E-state index >= 15 is 0 Å². The first-order chi connectivity index (χ1) is 3.73. The minimum atomic E-state index is 0.613. The summed E-state index contributed by atoms with van der Waals surface area (Å²) in [4.78, 5) is 4.18. The van der Waals surface area contributed by atoms with Gasteiger partial charge in [-0.25, -0.2) is 0 Å². The van der Waals surface area contributed by atoms with Crippen LogP contribution in [0.4, 0.5) is 0 Å². The second kappa shape index (κ2) is 0.996. The van der Waals surface area contributed by atoms with Crippen LogP contribution in [0.15, 0.2) is 4.99 Å². The van der Waals surface area contributed by atoms with E-state index in [4.69, 9.17) is 0 Å². The highest BCUT2D eigenvalue weighted by molar-refractivity contribution is 5.70. The number of nitrogens with zero attached hydrogens (tertiary/aromatic N) is 1. The molecule has 1 heterocycles. The fourth-order valence-electron chi connectivity index (χ4n) is 1.72. The fraction of sp³-hybridized carbons (Fsp3) is 0.857. The van der Waals surface area contributed by atoms with Crippen LogP contribution in [0, 0.1) is 17.3 Å². The lowest BCUT2D eigenvalue weighted by Gasteiger charge is -2.00. The molecule has 0 radical (unpaired) electrons. The van der Waals surface area contributed by atoms with E-state index in [0.29, 0.717) is 5.41 Å². The molecule has 8 heavy (non-hydrogen) atoms. The third-order valence-electron chi connectivity index (χ3n) is 2.71. The largest absolute Gasteiger partial charge is 0.297 e. The first-order valence-corrected chi connectivity index (χ1v) is 3.23. The van der Waals surface area contributed by atoms with E-state index in [-0.39, 0.29) is 0 Å². The maximum Gasteiger partial charge on any atom is 0.0425 e. The lowest BCUT2D eigenvalue weighted by Crippen LogP contribution is -1.96. The van der Waals surface area contributed by atoms with Crippen molar-refractivity contribution >= 4 is 6.21 Å². The van der Waals surface area contributed by atoms with Crippen LogP contribution >= 0.6 is 0 Å². The molecule has 1 aliphatic carbocycles. The van der Waals surface area contributed by atoms with E-state index in [1.165, 1.54) is 0 Å². The Morgan fingerprint density at radius 2 is 2.38 bits per heavy atom. The lowest BCUT2D eigenvalue weighted by atomic mass is 10.1.